The van der Waals surface area contributed by atoms with Crippen LogP contribution in [0.4, 0.5) is 0 Å². The zero-order valence-electron chi connectivity index (χ0n) is 11.6. The van der Waals surface area contributed by atoms with Gasteiger partial charge < -0.3 is 15.4 Å². The van der Waals surface area contributed by atoms with Gasteiger partial charge in [-0.05, 0) is 56.4 Å². The third kappa shape index (κ3) is 2.05. The summed E-state index contributed by atoms with van der Waals surface area (Å²) < 4.78 is 2.23. The van der Waals surface area contributed by atoms with Gasteiger partial charge in [0, 0.05) is 11.6 Å². The summed E-state index contributed by atoms with van der Waals surface area (Å²) in [7, 11) is 0. The molecule has 1 fully saturated rings. The number of aromatic nitrogens is 2. The fourth-order valence-electron chi connectivity index (χ4n) is 3.08. The molecule has 0 saturated heterocycles. The fraction of sp³-hybridized carbons (Fsp3) is 0.533. The molecule has 2 unspecified atom stereocenters. The minimum atomic E-state index is -0.416. The molecule has 4 nitrogen and oxygen atoms in total. The van der Waals surface area contributed by atoms with E-state index in [1.807, 2.05) is 6.33 Å². The summed E-state index contributed by atoms with van der Waals surface area (Å²) in [6.45, 7) is 4.30. The Balaban J connectivity index is 2.00. The van der Waals surface area contributed by atoms with Gasteiger partial charge in [0.25, 0.3) is 0 Å². The molecule has 0 spiro atoms. The van der Waals surface area contributed by atoms with E-state index in [0.29, 0.717) is 6.04 Å². The maximum Gasteiger partial charge on any atom is 0.0960 e. The summed E-state index contributed by atoms with van der Waals surface area (Å²) in [6.07, 6.45) is 4.62. The summed E-state index contributed by atoms with van der Waals surface area (Å²) in [5.74, 6) is 0. The predicted molar refractivity (Wildman–Crippen MR) is 76.1 cm³/mol. The number of aliphatic hydroxyl groups excluding tert-OH is 1. The number of imidazole rings is 1. The van der Waals surface area contributed by atoms with E-state index >= 15 is 0 Å². The molecule has 0 bridgehead atoms. The molecular formula is C15H21N3O. The van der Waals surface area contributed by atoms with E-state index in [2.05, 4.69) is 35.5 Å². The second-order valence-electron chi connectivity index (χ2n) is 5.99. The lowest BCUT2D eigenvalue weighted by Gasteiger charge is -2.21. The van der Waals surface area contributed by atoms with Crippen molar-refractivity contribution in [3.8, 4) is 0 Å². The standard InChI is InChI=1S/C15H21N3O/c1-10-5-13-14(6-11(10)2)18(9-17-13)12-3-4-15(16,7-12)8-19/h5-6,9,12,19H,3-4,7-8,16H2,1-2H3. The molecule has 3 N–H and O–H groups in total. The molecule has 0 aliphatic heterocycles. The van der Waals surface area contributed by atoms with Crippen molar-refractivity contribution < 1.29 is 5.11 Å². The molecule has 0 radical (unpaired) electrons. The number of hydrogen-bond donors (Lipinski definition) is 2. The maximum atomic E-state index is 9.38. The Bertz CT molecular complexity index is 619. The lowest BCUT2D eigenvalue weighted by Crippen LogP contribution is -2.40. The minimum Gasteiger partial charge on any atom is -0.394 e. The van der Waals surface area contributed by atoms with Crippen molar-refractivity contribution in [1.82, 2.24) is 9.55 Å². The van der Waals surface area contributed by atoms with Gasteiger partial charge in [-0.1, -0.05) is 0 Å². The van der Waals surface area contributed by atoms with E-state index in [1.54, 1.807) is 0 Å². The van der Waals surface area contributed by atoms with Crippen molar-refractivity contribution in [2.75, 3.05) is 6.61 Å². The predicted octanol–water partition coefficient (Wildman–Crippen LogP) is 2.07. The van der Waals surface area contributed by atoms with Gasteiger partial charge in [0.2, 0.25) is 0 Å². The average Bonchev–Trinajstić information content (AvgIpc) is 2.95. The van der Waals surface area contributed by atoms with Crippen LogP contribution in [-0.4, -0.2) is 26.8 Å². The highest BCUT2D eigenvalue weighted by Crippen LogP contribution is 2.37. The van der Waals surface area contributed by atoms with Crippen LogP contribution in [0, 0.1) is 13.8 Å². The molecule has 0 amide bonds. The number of aliphatic hydroxyl groups is 1. The summed E-state index contributed by atoms with van der Waals surface area (Å²) in [5.41, 5.74) is 10.5. The second kappa shape index (κ2) is 4.32. The number of aryl methyl sites for hydroxylation is 2. The number of nitrogens with two attached hydrogens (primary N) is 1. The van der Waals surface area contributed by atoms with Crippen molar-refractivity contribution in [2.45, 2.75) is 44.7 Å². The Morgan fingerprint density at radius 3 is 2.84 bits per heavy atom. The quantitative estimate of drug-likeness (QED) is 0.867. The highest BCUT2D eigenvalue weighted by Gasteiger charge is 2.36. The molecule has 1 aromatic carbocycles. The van der Waals surface area contributed by atoms with Crippen LogP contribution in [0.1, 0.15) is 36.4 Å². The van der Waals surface area contributed by atoms with Crippen molar-refractivity contribution >= 4 is 11.0 Å². The van der Waals surface area contributed by atoms with E-state index in [4.69, 9.17) is 5.73 Å². The molecular weight excluding hydrogens is 238 g/mol. The zero-order chi connectivity index (χ0) is 13.6. The number of rotatable bonds is 2. The Hall–Kier alpha value is -1.39. The molecule has 1 aliphatic carbocycles. The van der Waals surface area contributed by atoms with Gasteiger partial charge in [-0.25, -0.2) is 4.98 Å². The lowest BCUT2D eigenvalue weighted by atomic mass is 10.0. The first-order valence-electron chi connectivity index (χ1n) is 6.86. The van der Waals surface area contributed by atoms with Crippen LogP contribution >= 0.6 is 0 Å². The van der Waals surface area contributed by atoms with E-state index in [-0.39, 0.29) is 6.61 Å². The average molecular weight is 259 g/mol. The lowest BCUT2D eigenvalue weighted by molar-refractivity contribution is 0.196. The van der Waals surface area contributed by atoms with Gasteiger partial charge >= 0.3 is 0 Å². The van der Waals surface area contributed by atoms with Gasteiger partial charge in [-0.15, -0.1) is 0 Å². The molecule has 19 heavy (non-hydrogen) atoms. The molecule has 1 heterocycles. The van der Waals surface area contributed by atoms with Crippen LogP contribution in [0.25, 0.3) is 11.0 Å². The third-order valence-electron chi connectivity index (χ3n) is 4.52. The second-order valence-corrected chi connectivity index (χ2v) is 5.99. The van der Waals surface area contributed by atoms with Crippen LogP contribution in [0.3, 0.4) is 0 Å². The Kier molecular flexibility index (Phi) is 2.87. The number of benzene rings is 1. The van der Waals surface area contributed by atoms with E-state index in [9.17, 15) is 5.11 Å². The monoisotopic (exact) mass is 259 g/mol. The smallest absolute Gasteiger partial charge is 0.0960 e. The largest absolute Gasteiger partial charge is 0.394 e. The first kappa shape index (κ1) is 12.6. The van der Waals surface area contributed by atoms with Crippen molar-refractivity contribution in [3.63, 3.8) is 0 Å². The number of fused-ring (bicyclic) bond motifs is 1. The number of nitrogens with zero attached hydrogens (tertiary/aromatic N) is 2. The van der Waals surface area contributed by atoms with Crippen LogP contribution < -0.4 is 5.73 Å². The van der Waals surface area contributed by atoms with Crippen molar-refractivity contribution in [2.24, 2.45) is 5.73 Å². The minimum absolute atomic E-state index is 0.0638. The van der Waals surface area contributed by atoms with Crippen LogP contribution in [0.2, 0.25) is 0 Å². The van der Waals surface area contributed by atoms with Crippen molar-refractivity contribution in [3.05, 3.63) is 29.6 Å². The van der Waals surface area contributed by atoms with E-state index < -0.39 is 5.54 Å². The fourth-order valence-corrected chi connectivity index (χ4v) is 3.08. The molecule has 1 saturated carbocycles. The SMILES string of the molecule is Cc1cc2ncn(C3CCC(N)(CO)C3)c2cc1C. The molecule has 1 aliphatic rings. The number of hydrogen-bond acceptors (Lipinski definition) is 3. The summed E-state index contributed by atoms with van der Waals surface area (Å²) in [5, 5.41) is 9.38. The first-order chi connectivity index (χ1) is 9.02. The summed E-state index contributed by atoms with van der Waals surface area (Å²) >= 11 is 0. The molecule has 2 aromatic rings. The Labute approximate surface area is 113 Å². The summed E-state index contributed by atoms with van der Waals surface area (Å²) in [4.78, 5) is 4.50. The summed E-state index contributed by atoms with van der Waals surface area (Å²) in [6, 6.07) is 4.69. The maximum absolute atomic E-state index is 9.38. The highest BCUT2D eigenvalue weighted by atomic mass is 16.3. The highest BCUT2D eigenvalue weighted by molar-refractivity contribution is 5.77. The Morgan fingerprint density at radius 1 is 1.42 bits per heavy atom. The van der Waals surface area contributed by atoms with Gasteiger partial charge in [0.1, 0.15) is 0 Å². The molecule has 3 rings (SSSR count). The molecule has 4 heteroatoms. The first-order valence-corrected chi connectivity index (χ1v) is 6.86. The van der Waals surface area contributed by atoms with E-state index in [0.717, 1.165) is 24.8 Å². The topological polar surface area (TPSA) is 64.1 Å². The van der Waals surface area contributed by atoms with Crippen LogP contribution in [0.15, 0.2) is 18.5 Å². The van der Waals surface area contributed by atoms with Crippen molar-refractivity contribution in [1.29, 1.82) is 0 Å². The zero-order valence-corrected chi connectivity index (χ0v) is 11.6. The third-order valence-corrected chi connectivity index (χ3v) is 4.52. The van der Waals surface area contributed by atoms with Gasteiger partial charge in [-0.2, -0.15) is 0 Å². The normalized spacial score (nSPS) is 27.3. The van der Waals surface area contributed by atoms with Crippen LogP contribution in [-0.2, 0) is 0 Å². The van der Waals surface area contributed by atoms with Crippen LogP contribution in [0.5, 0.6) is 0 Å². The van der Waals surface area contributed by atoms with Gasteiger partial charge in [-0.3, -0.25) is 0 Å². The van der Waals surface area contributed by atoms with Gasteiger partial charge in [0.15, 0.2) is 0 Å². The molecule has 1 aromatic heterocycles. The Morgan fingerprint density at radius 2 is 2.16 bits per heavy atom. The molecule has 2 atom stereocenters. The molecule has 102 valence electrons. The van der Waals surface area contributed by atoms with E-state index in [1.165, 1.54) is 16.6 Å². The van der Waals surface area contributed by atoms with Gasteiger partial charge in [0.05, 0.1) is 24.0 Å².